The summed E-state index contributed by atoms with van der Waals surface area (Å²) in [5.74, 6) is 0. The van der Waals surface area contributed by atoms with Gasteiger partial charge in [-0.05, 0) is 36.6 Å². The number of rotatable bonds is 4. The lowest BCUT2D eigenvalue weighted by atomic mass is 10.1. The molecule has 1 fully saturated rings. The maximum absolute atomic E-state index is 12.6. The Morgan fingerprint density at radius 1 is 1.40 bits per heavy atom. The monoisotopic (exact) mass is 318 g/mol. The summed E-state index contributed by atoms with van der Waals surface area (Å²) in [5, 5.41) is 0.486. The summed E-state index contributed by atoms with van der Waals surface area (Å²) in [4.78, 5) is 0.233. The van der Waals surface area contributed by atoms with Crippen molar-refractivity contribution in [3.63, 3.8) is 0 Å². The minimum absolute atomic E-state index is 0.0224. The zero-order valence-corrected chi connectivity index (χ0v) is 13.0. The lowest BCUT2D eigenvalue weighted by Gasteiger charge is -2.30. The van der Waals surface area contributed by atoms with Crippen LogP contribution in [0.25, 0.3) is 0 Å². The summed E-state index contributed by atoms with van der Waals surface area (Å²) in [6.07, 6.45) is 1.43. The van der Waals surface area contributed by atoms with Crippen LogP contribution in [0.5, 0.6) is 0 Å². The molecule has 1 saturated heterocycles. The molecule has 0 atom stereocenters. The summed E-state index contributed by atoms with van der Waals surface area (Å²) in [6, 6.07) is 4.62. The first-order chi connectivity index (χ1) is 9.46. The number of ether oxygens (including phenoxy) is 1. The van der Waals surface area contributed by atoms with Crippen LogP contribution in [0.15, 0.2) is 23.1 Å². The van der Waals surface area contributed by atoms with Gasteiger partial charge in [-0.3, -0.25) is 0 Å². The molecule has 0 aromatic heterocycles. The van der Waals surface area contributed by atoms with E-state index in [1.807, 2.05) is 0 Å². The summed E-state index contributed by atoms with van der Waals surface area (Å²) in [7, 11) is -1.91. The molecule has 0 aliphatic carbocycles. The number of nitrogens with zero attached hydrogens (tertiary/aromatic N) is 1. The molecule has 7 heteroatoms. The first-order valence-corrected chi connectivity index (χ1v) is 8.33. The molecular formula is C13H19ClN2O3S. The Hall–Kier alpha value is -0.660. The summed E-state index contributed by atoms with van der Waals surface area (Å²) >= 11 is 5.97. The van der Waals surface area contributed by atoms with Crippen molar-refractivity contribution >= 4 is 21.6 Å². The zero-order valence-electron chi connectivity index (χ0n) is 11.4. The van der Waals surface area contributed by atoms with Crippen LogP contribution in [0, 0.1) is 0 Å². The number of hydrogen-bond donors (Lipinski definition) is 1. The van der Waals surface area contributed by atoms with Crippen molar-refractivity contribution < 1.29 is 13.2 Å². The summed E-state index contributed by atoms with van der Waals surface area (Å²) in [5.41, 5.74) is 6.20. The van der Waals surface area contributed by atoms with Crippen molar-refractivity contribution in [1.29, 1.82) is 0 Å². The van der Waals surface area contributed by atoms with Crippen molar-refractivity contribution in [3.8, 4) is 0 Å². The number of benzene rings is 1. The third-order valence-electron chi connectivity index (χ3n) is 3.62. The minimum atomic E-state index is -3.52. The molecule has 1 aromatic rings. The lowest BCUT2D eigenvalue weighted by Crippen LogP contribution is -2.40. The summed E-state index contributed by atoms with van der Waals surface area (Å²) < 4.78 is 31.9. The van der Waals surface area contributed by atoms with E-state index in [0.717, 1.165) is 0 Å². The van der Waals surface area contributed by atoms with Crippen molar-refractivity contribution in [2.75, 3.05) is 20.3 Å². The Morgan fingerprint density at radius 2 is 2.05 bits per heavy atom. The Kier molecular flexibility index (Phi) is 5.04. The highest BCUT2D eigenvalue weighted by molar-refractivity contribution is 7.89. The van der Waals surface area contributed by atoms with Gasteiger partial charge in [0.1, 0.15) is 0 Å². The van der Waals surface area contributed by atoms with Gasteiger partial charge in [0.25, 0.3) is 0 Å². The number of nitrogens with two attached hydrogens (primary N) is 1. The molecule has 0 unspecified atom stereocenters. The Bertz CT molecular complexity index is 571. The van der Waals surface area contributed by atoms with Gasteiger partial charge in [-0.2, -0.15) is 4.31 Å². The third kappa shape index (κ3) is 3.15. The average Bonchev–Trinajstić information content (AvgIpc) is 2.47. The fraction of sp³-hybridized carbons (Fsp3) is 0.538. The van der Waals surface area contributed by atoms with Crippen LogP contribution in [0.3, 0.4) is 0 Å². The number of sulfonamides is 1. The molecule has 1 aliphatic rings. The van der Waals surface area contributed by atoms with Crippen LogP contribution < -0.4 is 5.73 Å². The largest absolute Gasteiger partial charge is 0.381 e. The Labute approximate surface area is 124 Å². The number of hydrogen-bond acceptors (Lipinski definition) is 4. The van der Waals surface area contributed by atoms with E-state index < -0.39 is 10.0 Å². The highest BCUT2D eigenvalue weighted by atomic mass is 35.5. The molecule has 1 heterocycles. The number of halogens is 1. The van der Waals surface area contributed by atoms with Crippen molar-refractivity contribution in [2.45, 2.75) is 30.3 Å². The van der Waals surface area contributed by atoms with E-state index in [4.69, 9.17) is 22.1 Å². The van der Waals surface area contributed by atoms with Crippen molar-refractivity contribution in [2.24, 2.45) is 5.73 Å². The Balaban J connectivity index is 2.29. The molecule has 2 rings (SSSR count). The van der Waals surface area contributed by atoms with E-state index in [0.29, 0.717) is 36.6 Å². The fourth-order valence-corrected chi connectivity index (χ4v) is 3.94. The van der Waals surface area contributed by atoms with Crippen LogP contribution in [-0.4, -0.2) is 39.0 Å². The second-order valence-electron chi connectivity index (χ2n) is 4.82. The first kappa shape index (κ1) is 15.7. The van der Waals surface area contributed by atoms with E-state index >= 15 is 0 Å². The van der Waals surface area contributed by atoms with Gasteiger partial charge < -0.3 is 10.5 Å². The highest BCUT2D eigenvalue weighted by Crippen LogP contribution is 2.25. The third-order valence-corrected chi connectivity index (χ3v) is 5.89. The molecular weight excluding hydrogens is 300 g/mol. The van der Waals surface area contributed by atoms with E-state index in [1.165, 1.54) is 10.4 Å². The molecule has 1 aromatic carbocycles. The van der Waals surface area contributed by atoms with Crippen LogP contribution in [0.1, 0.15) is 18.4 Å². The summed E-state index contributed by atoms with van der Waals surface area (Å²) in [6.45, 7) is 1.40. The molecule has 2 N–H and O–H groups in total. The van der Waals surface area contributed by atoms with Gasteiger partial charge in [-0.15, -0.1) is 0 Å². The van der Waals surface area contributed by atoms with Crippen molar-refractivity contribution in [1.82, 2.24) is 4.31 Å². The van der Waals surface area contributed by atoms with Crippen LogP contribution >= 0.6 is 11.6 Å². The van der Waals surface area contributed by atoms with Gasteiger partial charge in [-0.1, -0.05) is 11.6 Å². The predicted molar refractivity (Wildman–Crippen MR) is 78.1 cm³/mol. The predicted octanol–water partition coefficient (Wildman–Crippen LogP) is 1.60. The first-order valence-electron chi connectivity index (χ1n) is 6.51. The molecule has 20 heavy (non-hydrogen) atoms. The standard InChI is InChI=1S/C13H19ClN2O3S/c1-16(11-4-6-19-7-5-11)20(17,18)12-2-3-13(14)10(8-12)9-15/h2-3,8,11H,4-7,9,15H2,1H3. The quantitative estimate of drug-likeness (QED) is 0.915. The molecule has 0 radical (unpaired) electrons. The van der Waals surface area contributed by atoms with E-state index in [2.05, 4.69) is 0 Å². The molecule has 0 saturated carbocycles. The average molecular weight is 319 g/mol. The van der Waals surface area contributed by atoms with Gasteiger partial charge in [0, 0.05) is 37.9 Å². The highest BCUT2D eigenvalue weighted by Gasteiger charge is 2.29. The topological polar surface area (TPSA) is 72.6 Å². The SMILES string of the molecule is CN(C1CCOCC1)S(=O)(=O)c1ccc(Cl)c(CN)c1. The molecule has 0 bridgehead atoms. The second kappa shape index (κ2) is 6.41. The van der Waals surface area contributed by atoms with Crippen LogP contribution in [0.2, 0.25) is 5.02 Å². The zero-order chi connectivity index (χ0) is 14.8. The lowest BCUT2D eigenvalue weighted by molar-refractivity contribution is 0.0632. The Morgan fingerprint density at radius 3 is 2.65 bits per heavy atom. The van der Waals surface area contributed by atoms with E-state index in [-0.39, 0.29) is 17.5 Å². The van der Waals surface area contributed by atoms with Crippen molar-refractivity contribution in [3.05, 3.63) is 28.8 Å². The van der Waals surface area contributed by atoms with Gasteiger partial charge in [0.2, 0.25) is 10.0 Å². The van der Waals surface area contributed by atoms with Gasteiger partial charge in [-0.25, -0.2) is 8.42 Å². The maximum Gasteiger partial charge on any atom is 0.243 e. The van der Waals surface area contributed by atoms with Gasteiger partial charge in [0.05, 0.1) is 4.90 Å². The maximum atomic E-state index is 12.6. The smallest absolute Gasteiger partial charge is 0.243 e. The fourth-order valence-electron chi connectivity index (χ4n) is 2.28. The second-order valence-corrected chi connectivity index (χ2v) is 7.23. The normalized spacial score (nSPS) is 17.6. The molecule has 112 valence electrons. The minimum Gasteiger partial charge on any atom is -0.381 e. The van der Waals surface area contributed by atoms with Gasteiger partial charge >= 0.3 is 0 Å². The molecule has 0 spiro atoms. The van der Waals surface area contributed by atoms with Gasteiger partial charge in [0.15, 0.2) is 0 Å². The van der Waals surface area contributed by atoms with E-state index in [9.17, 15) is 8.42 Å². The molecule has 0 amide bonds. The van der Waals surface area contributed by atoms with E-state index in [1.54, 1.807) is 19.2 Å². The van der Waals surface area contributed by atoms with Crippen LogP contribution in [0.4, 0.5) is 0 Å². The molecule has 5 nitrogen and oxygen atoms in total. The molecule has 1 aliphatic heterocycles. The van der Waals surface area contributed by atoms with Crippen LogP contribution in [-0.2, 0) is 21.3 Å².